The van der Waals surface area contributed by atoms with Crippen LogP contribution in [0.1, 0.15) is 5.56 Å². The van der Waals surface area contributed by atoms with E-state index in [4.69, 9.17) is 24.5 Å². The van der Waals surface area contributed by atoms with Crippen LogP contribution in [-0.2, 0) is 4.57 Å². The lowest BCUT2D eigenvalue weighted by Gasteiger charge is -2.09. The molecular weight excluding hydrogens is 286 g/mol. The fraction of sp³-hybridized carbons (Fsp3) is 0. The van der Waals surface area contributed by atoms with Gasteiger partial charge in [-0.05, 0) is 17.7 Å². The highest BCUT2D eigenvalue weighted by Gasteiger charge is 2.35. The molecule has 0 unspecified atom stereocenters. The van der Waals surface area contributed by atoms with Gasteiger partial charge in [-0.1, -0.05) is 12.7 Å². The first-order chi connectivity index (χ1) is 8.09. The van der Waals surface area contributed by atoms with Crippen molar-refractivity contribution in [2.45, 2.75) is 0 Å². The Balaban J connectivity index is 3.09. The number of hydrogen-bond donors (Lipinski definition) is 5. The third-order valence-electron chi connectivity index (χ3n) is 1.59. The number of phosphoric ester groups is 1. The van der Waals surface area contributed by atoms with Gasteiger partial charge in [0.2, 0.25) is 0 Å². The molecule has 0 bridgehead atoms. The van der Waals surface area contributed by atoms with Gasteiger partial charge in [0.05, 0.1) is 0 Å². The summed E-state index contributed by atoms with van der Waals surface area (Å²) in [5.41, 5.74) is 0.337. The fourth-order valence-corrected chi connectivity index (χ4v) is 1.86. The first kappa shape index (κ1) is 15.1. The Morgan fingerprint density at radius 2 is 1.72 bits per heavy atom. The van der Waals surface area contributed by atoms with E-state index < -0.39 is 16.0 Å². The number of phosphoric acid groups is 1. The summed E-state index contributed by atoms with van der Waals surface area (Å²) in [7, 11) is -9.28. The minimum Gasteiger partial charge on any atom is -0.404 e. The average Bonchev–Trinajstić information content (AvgIpc) is 2.11. The third-order valence-corrected chi connectivity index (χ3v) is 2.49. The van der Waals surface area contributed by atoms with Crippen molar-refractivity contribution >= 4 is 22.1 Å². The molecule has 0 heterocycles. The Hall–Kier alpha value is -0.980. The molecule has 0 spiro atoms. The van der Waals surface area contributed by atoms with Crippen LogP contribution in [0.2, 0.25) is 0 Å². The van der Waals surface area contributed by atoms with Crippen molar-refractivity contribution in [3.8, 4) is 11.5 Å². The van der Waals surface area contributed by atoms with Crippen molar-refractivity contribution < 1.29 is 38.1 Å². The molecule has 1 aromatic rings. The molecular formula is C8H11O8P2+. The molecule has 10 heteroatoms. The van der Waals surface area contributed by atoms with Gasteiger partial charge >= 0.3 is 16.0 Å². The van der Waals surface area contributed by atoms with Gasteiger partial charge in [-0.2, -0.15) is 14.7 Å². The van der Waals surface area contributed by atoms with Crippen LogP contribution in [0.5, 0.6) is 11.5 Å². The van der Waals surface area contributed by atoms with Crippen molar-refractivity contribution in [1.82, 2.24) is 0 Å². The molecule has 0 amide bonds. The van der Waals surface area contributed by atoms with E-state index in [1.165, 1.54) is 18.2 Å². The van der Waals surface area contributed by atoms with Crippen LogP contribution < -0.4 is 9.05 Å². The van der Waals surface area contributed by atoms with Crippen molar-refractivity contribution in [1.29, 1.82) is 0 Å². The van der Waals surface area contributed by atoms with E-state index in [1.54, 1.807) is 0 Å². The monoisotopic (exact) mass is 297 g/mol. The molecule has 1 aromatic carbocycles. The molecule has 18 heavy (non-hydrogen) atoms. The van der Waals surface area contributed by atoms with Crippen molar-refractivity contribution in [3.63, 3.8) is 0 Å². The number of hydrogen-bond acceptors (Lipinski definition) is 6. The van der Waals surface area contributed by atoms with Crippen molar-refractivity contribution in [2.75, 3.05) is 0 Å². The predicted octanol–water partition coefficient (Wildman–Crippen LogP) is 0.834. The Kier molecular flexibility index (Phi) is 4.47. The first-order valence-electron chi connectivity index (χ1n) is 4.38. The minimum absolute atomic E-state index is 0.239. The second kappa shape index (κ2) is 5.34. The molecule has 0 saturated carbocycles. The summed E-state index contributed by atoms with van der Waals surface area (Å²) in [6.45, 7) is 3.42. The van der Waals surface area contributed by atoms with Crippen LogP contribution in [0.3, 0.4) is 0 Å². The normalized spacial score (nSPS) is 12.1. The van der Waals surface area contributed by atoms with E-state index in [0.29, 0.717) is 5.56 Å². The summed E-state index contributed by atoms with van der Waals surface area (Å²) in [5.74, 6) is -0.513. The molecule has 0 aliphatic rings. The minimum atomic E-state index is -4.76. The summed E-state index contributed by atoms with van der Waals surface area (Å²) in [6.07, 6.45) is 1.31. The highest BCUT2D eigenvalue weighted by atomic mass is 31.2. The SMILES string of the molecule is C=Cc1cc(OP(=O)(O)O)cc(O[P+](O)(O)O)c1. The second-order valence-electron chi connectivity index (χ2n) is 3.13. The van der Waals surface area contributed by atoms with E-state index in [9.17, 15) is 4.57 Å². The molecule has 8 nitrogen and oxygen atoms in total. The molecule has 1 rings (SSSR count). The van der Waals surface area contributed by atoms with E-state index in [2.05, 4.69) is 15.6 Å². The highest BCUT2D eigenvalue weighted by molar-refractivity contribution is 7.53. The van der Waals surface area contributed by atoms with Crippen LogP contribution in [0.15, 0.2) is 24.8 Å². The molecule has 0 aliphatic carbocycles. The fourth-order valence-electron chi connectivity index (χ4n) is 1.10. The maximum atomic E-state index is 10.7. The smallest absolute Gasteiger partial charge is 0.404 e. The Labute approximate surface area is 103 Å². The number of benzene rings is 1. The molecule has 5 N–H and O–H groups in total. The maximum absolute atomic E-state index is 10.7. The van der Waals surface area contributed by atoms with E-state index in [-0.39, 0.29) is 11.5 Å². The molecule has 0 atom stereocenters. The molecule has 0 saturated heterocycles. The molecule has 100 valence electrons. The number of rotatable bonds is 5. The van der Waals surface area contributed by atoms with Crippen LogP contribution in [0, 0.1) is 0 Å². The second-order valence-corrected chi connectivity index (χ2v) is 5.50. The first-order valence-corrected chi connectivity index (χ1v) is 7.48. The van der Waals surface area contributed by atoms with Gasteiger partial charge in [0.25, 0.3) is 0 Å². The maximum Gasteiger partial charge on any atom is 0.613 e. The van der Waals surface area contributed by atoms with E-state index in [0.717, 1.165) is 6.07 Å². The topological polar surface area (TPSA) is 137 Å². The molecule has 0 aromatic heterocycles. The average molecular weight is 297 g/mol. The van der Waals surface area contributed by atoms with E-state index >= 15 is 0 Å². The van der Waals surface area contributed by atoms with Gasteiger partial charge in [-0.3, -0.25) is 14.3 Å². The standard InChI is InChI=1S/C8H10O8P2/c1-2-6-3-7(15-17(9,10)11)5-8(4-6)16-18(12,13)14/h2-5,9-11H,1H2,(H-,12,13,14)/p+1. The van der Waals surface area contributed by atoms with E-state index in [1.807, 2.05) is 0 Å². The molecule has 0 fully saturated rings. The Morgan fingerprint density at radius 1 is 1.17 bits per heavy atom. The van der Waals surface area contributed by atoms with Gasteiger partial charge in [0.15, 0.2) is 5.75 Å². The predicted molar refractivity (Wildman–Crippen MR) is 63.4 cm³/mol. The van der Waals surface area contributed by atoms with Gasteiger partial charge in [-0.25, -0.2) is 4.57 Å². The zero-order valence-electron chi connectivity index (χ0n) is 8.87. The summed E-state index contributed by atoms with van der Waals surface area (Å²) in [4.78, 5) is 43.5. The Bertz CT molecular complexity index is 488. The van der Waals surface area contributed by atoms with Crippen LogP contribution >= 0.6 is 16.0 Å². The lowest BCUT2D eigenvalue weighted by molar-refractivity contribution is 0.238. The van der Waals surface area contributed by atoms with Crippen LogP contribution in [-0.4, -0.2) is 24.5 Å². The van der Waals surface area contributed by atoms with Crippen LogP contribution in [0.25, 0.3) is 6.08 Å². The van der Waals surface area contributed by atoms with Crippen molar-refractivity contribution in [3.05, 3.63) is 30.3 Å². The summed E-state index contributed by atoms with van der Waals surface area (Å²) in [6, 6.07) is 3.48. The highest BCUT2D eigenvalue weighted by Crippen LogP contribution is 2.47. The quantitative estimate of drug-likeness (QED) is 0.504. The lowest BCUT2D eigenvalue weighted by atomic mass is 10.2. The largest absolute Gasteiger partial charge is 0.613 e. The summed E-state index contributed by atoms with van der Waals surface area (Å²) >= 11 is 0. The molecule has 0 radical (unpaired) electrons. The third kappa shape index (κ3) is 5.57. The Morgan fingerprint density at radius 3 is 2.17 bits per heavy atom. The van der Waals surface area contributed by atoms with Crippen molar-refractivity contribution in [2.24, 2.45) is 0 Å². The van der Waals surface area contributed by atoms with Crippen LogP contribution in [0.4, 0.5) is 0 Å². The lowest BCUT2D eigenvalue weighted by Crippen LogP contribution is -1.98. The van der Waals surface area contributed by atoms with Gasteiger partial charge in [-0.15, -0.1) is 0 Å². The zero-order valence-corrected chi connectivity index (χ0v) is 10.7. The van der Waals surface area contributed by atoms with Gasteiger partial charge in [0.1, 0.15) is 5.75 Å². The summed E-state index contributed by atoms with van der Waals surface area (Å²) in [5, 5.41) is 0. The van der Waals surface area contributed by atoms with Gasteiger partial charge in [0, 0.05) is 6.07 Å². The zero-order chi connectivity index (χ0) is 14.0. The summed E-state index contributed by atoms with van der Waals surface area (Å²) < 4.78 is 19.4. The van der Waals surface area contributed by atoms with Gasteiger partial charge < -0.3 is 4.52 Å². The molecule has 0 aliphatic heterocycles.